The zero-order chi connectivity index (χ0) is 12.1. The molecule has 1 aromatic carbocycles. The van der Waals surface area contributed by atoms with Crippen molar-refractivity contribution in [1.29, 1.82) is 0 Å². The Labute approximate surface area is 109 Å². The molecule has 1 aromatic rings. The van der Waals surface area contributed by atoms with Gasteiger partial charge in [0.2, 0.25) is 0 Å². The van der Waals surface area contributed by atoms with Crippen LogP contribution >= 0.6 is 11.8 Å². The third-order valence-corrected chi connectivity index (χ3v) is 4.66. The summed E-state index contributed by atoms with van der Waals surface area (Å²) in [5, 5.41) is 3.58. The fourth-order valence-electron chi connectivity index (χ4n) is 2.19. The van der Waals surface area contributed by atoms with E-state index in [1.54, 1.807) is 0 Å². The Balaban J connectivity index is 1.74. The van der Waals surface area contributed by atoms with Gasteiger partial charge in [-0.2, -0.15) is 11.8 Å². The summed E-state index contributed by atoms with van der Waals surface area (Å²) in [6.45, 7) is 6.68. The van der Waals surface area contributed by atoms with Crippen LogP contribution in [0.4, 0.5) is 0 Å². The molecule has 2 heteroatoms. The van der Waals surface area contributed by atoms with E-state index in [0.717, 1.165) is 12.5 Å². The summed E-state index contributed by atoms with van der Waals surface area (Å²) in [6.07, 6.45) is 1.39. The Hall–Kier alpha value is -0.470. The SMILES string of the molecule is CC(C)c1ccc(CNCC2CCSC2)cc1. The number of rotatable bonds is 5. The van der Waals surface area contributed by atoms with Crippen molar-refractivity contribution in [3.8, 4) is 0 Å². The van der Waals surface area contributed by atoms with E-state index in [-0.39, 0.29) is 0 Å². The molecule has 1 aliphatic heterocycles. The maximum Gasteiger partial charge on any atom is 0.0205 e. The third kappa shape index (κ3) is 4.04. The monoisotopic (exact) mass is 249 g/mol. The van der Waals surface area contributed by atoms with Crippen molar-refractivity contribution in [2.24, 2.45) is 5.92 Å². The van der Waals surface area contributed by atoms with Crippen molar-refractivity contribution >= 4 is 11.8 Å². The van der Waals surface area contributed by atoms with Gasteiger partial charge in [-0.25, -0.2) is 0 Å². The minimum absolute atomic E-state index is 0.632. The molecule has 17 heavy (non-hydrogen) atoms. The van der Waals surface area contributed by atoms with Crippen LogP contribution in [0.1, 0.15) is 37.3 Å². The van der Waals surface area contributed by atoms with Crippen molar-refractivity contribution in [2.75, 3.05) is 18.1 Å². The van der Waals surface area contributed by atoms with Gasteiger partial charge in [-0.3, -0.25) is 0 Å². The molecule has 1 N–H and O–H groups in total. The fourth-order valence-corrected chi connectivity index (χ4v) is 3.47. The smallest absolute Gasteiger partial charge is 0.0205 e. The zero-order valence-corrected chi connectivity index (χ0v) is 11.7. The predicted molar refractivity (Wildman–Crippen MR) is 77.7 cm³/mol. The summed E-state index contributed by atoms with van der Waals surface area (Å²) in [4.78, 5) is 0. The first-order valence-corrected chi connectivity index (χ1v) is 7.78. The number of hydrogen-bond donors (Lipinski definition) is 1. The van der Waals surface area contributed by atoms with Gasteiger partial charge in [0.15, 0.2) is 0 Å². The molecule has 1 heterocycles. The molecule has 2 rings (SSSR count). The lowest BCUT2D eigenvalue weighted by Crippen LogP contribution is -2.22. The molecule has 1 atom stereocenters. The predicted octanol–water partition coefficient (Wildman–Crippen LogP) is 3.65. The molecule has 94 valence electrons. The molecular formula is C15H23NS. The highest BCUT2D eigenvalue weighted by molar-refractivity contribution is 7.99. The van der Waals surface area contributed by atoms with Crippen LogP contribution in [-0.4, -0.2) is 18.1 Å². The summed E-state index contributed by atoms with van der Waals surface area (Å²) >= 11 is 2.09. The molecule has 1 nitrogen and oxygen atoms in total. The van der Waals surface area contributed by atoms with Crippen LogP contribution in [0, 0.1) is 5.92 Å². The van der Waals surface area contributed by atoms with Crippen LogP contribution in [0.2, 0.25) is 0 Å². The van der Waals surface area contributed by atoms with Crippen LogP contribution in [0.5, 0.6) is 0 Å². The van der Waals surface area contributed by atoms with E-state index < -0.39 is 0 Å². The lowest BCUT2D eigenvalue weighted by atomic mass is 10.0. The Morgan fingerprint density at radius 2 is 2.06 bits per heavy atom. The summed E-state index contributed by atoms with van der Waals surface area (Å²) in [5.41, 5.74) is 2.83. The van der Waals surface area contributed by atoms with E-state index in [2.05, 4.69) is 55.2 Å². The van der Waals surface area contributed by atoms with E-state index in [4.69, 9.17) is 0 Å². The van der Waals surface area contributed by atoms with Gasteiger partial charge in [0.1, 0.15) is 0 Å². The van der Waals surface area contributed by atoms with Gasteiger partial charge >= 0.3 is 0 Å². The molecule has 1 saturated heterocycles. The first kappa shape index (κ1) is 13.0. The number of nitrogens with one attached hydrogen (secondary N) is 1. The van der Waals surface area contributed by atoms with Crippen molar-refractivity contribution in [1.82, 2.24) is 5.32 Å². The molecule has 0 radical (unpaired) electrons. The third-order valence-electron chi connectivity index (χ3n) is 3.43. The van der Waals surface area contributed by atoms with Crippen LogP contribution in [0.3, 0.4) is 0 Å². The van der Waals surface area contributed by atoms with E-state index in [1.165, 1.54) is 35.6 Å². The van der Waals surface area contributed by atoms with Crippen LogP contribution < -0.4 is 5.32 Å². The van der Waals surface area contributed by atoms with Gasteiger partial charge in [-0.1, -0.05) is 38.1 Å². The van der Waals surface area contributed by atoms with Crippen molar-refractivity contribution < 1.29 is 0 Å². The van der Waals surface area contributed by atoms with Gasteiger partial charge in [0.05, 0.1) is 0 Å². The summed E-state index contributed by atoms with van der Waals surface area (Å²) in [6, 6.07) is 9.03. The second-order valence-corrected chi connectivity index (χ2v) is 6.41. The van der Waals surface area contributed by atoms with Gasteiger partial charge in [0, 0.05) is 6.54 Å². The van der Waals surface area contributed by atoms with Crippen LogP contribution in [0.25, 0.3) is 0 Å². The fraction of sp³-hybridized carbons (Fsp3) is 0.600. The van der Waals surface area contributed by atoms with Gasteiger partial charge in [-0.05, 0) is 47.4 Å². The number of thioether (sulfide) groups is 1. The first-order valence-electron chi connectivity index (χ1n) is 6.63. The average molecular weight is 249 g/mol. The first-order chi connectivity index (χ1) is 8.25. The Morgan fingerprint density at radius 1 is 1.29 bits per heavy atom. The molecule has 0 spiro atoms. The van der Waals surface area contributed by atoms with E-state index in [0.29, 0.717) is 5.92 Å². The van der Waals surface area contributed by atoms with Crippen molar-refractivity contribution in [2.45, 2.75) is 32.7 Å². The number of benzene rings is 1. The minimum atomic E-state index is 0.632. The topological polar surface area (TPSA) is 12.0 Å². The molecule has 0 amide bonds. The van der Waals surface area contributed by atoms with E-state index >= 15 is 0 Å². The maximum atomic E-state index is 3.58. The molecule has 0 aromatic heterocycles. The largest absolute Gasteiger partial charge is 0.312 e. The highest BCUT2D eigenvalue weighted by atomic mass is 32.2. The molecule has 0 saturated carbocycles. The van der Waals surface area contributed by atoms with E-state index in [1.807, 2.05) is 0 Å². The van der Waals surface area contributed by atoms with Crippen LogP contribution in [-0.2, 0) is 6.54 Å². The lowest BCUT2D eigenvalue weighted by Gasteiger charge is -2.11. The normalized spacial score (nSPS) is 20.1. The Morgan fingerprint density at radius 3 is 2.65 bits per heavy atom. The Bertz CT molecular complexity index is 325. The highest BCUT2D eigenvalue weighted by Crippen LogP contribution is 2.22. The standard InChI is InChI=1S/C15H23NS/c1-12(2)15-5-3-13(4-6-15)9-16-10-14-7-8-17-11-14/h3-6,12,14,16H,7-11H2,1-2H3. The maximum absolute atomic E-state index is 3.58. The molecule has 1 unspecified atom stereocenters. The van der Waals surface area contributed by atoms with Crippen LogP contribution in [0.15, 0.2) is 24.3 Å². The second kappa shape index (κ2) is 6.46. The molecular weight excluding hydrogens is 226 g/mol. The summed E-state index contributed by atoms with van der Waals surface area (Å²) in [5.74, 6) is 4.23. The van der Waals surface area contributed by atoms with Gasteiger partial charge < -0.3 is 5.32 Å². The molecule has 1 fully saturated rings. The average Bonchev–Trinajstić information content (AvgIpc) is 2.83. The van der Waals surface area contributed by atoms with Gasteiger partial charge in [-0.15, -0.1) is 0 Å². The van der Waals surface area contributed by atoms with Crippen molar-refractivity contribution in [3.63, 3.8) is 0 Å². The highest BCUT2D eigenvalue weighted by Gasteiger charge is 2.14. The second-order valence-electron chi connectivity index (χ2n) is 5.26. The van der Waals surface area contributed by atoms with Crippen molar-refractivity contribution in [3.05, 3.63) is 35.4 Å². The minimum Gasteiger partial charge on any atom is -0.312 e. The molecule has 1 aliphatic rings. The Kier molecular flexibility index (Phi) is 4.93. The summed E-state index contributed by atoms with van der Waals surface area (Å²) in [7, 11) is 0. The molecule has 0 bridgehead atoms. The lowest BCUT2D eigenvalue weighted by molar-refractivity contribution is 0.523. The zero-order valence-electron chi connectivity index (χ0n) is 10.9. The van der Waals surface area contributed by atoms with E-state index in [9.17, 15) is 0 Å². The summed E-state index contributed by atoms with van der Waals surface area (Å²) < 4.78 is 0. The van der Waals surface area contributed by atoms with Gasteiger partial charge in [0.25, 0.3) is 0 Å². The molecule has 0 aliphatic carbocycles. The number of hydrogen-bond acceptors (Lipinski definition) is 2. The quantitative estimate of drug-likeness (QED) is 0.855.